The van der Waals surface area contributed by atoms with Crippen LogP contribution in [0.5, 0.6) is 0 Å². The highest BCUT2D eigenvalue weighted by molar-refractivity contribution is 7.89. The Kier molecular flexibility index (Phi) is 6.67. The van der Waals surface area contributed by atoms with E-state index < -0.39 is 10.0 Å². The highest BCUT2D eigenvalue weighted by Gasteiger charge is 2.22. The van der Waals surface area contributed by atoms with Gasteiger partial charge in [-0.25, -0.2) is 13.1 Å². The summed E-state index contributed by atoms with van der Waals surface area (Å²) in [4.78, 5) is 12.6. The van der Waals surface area contributed by atoms with E-state index in [1.165, 1.54) is 25.0 Å². The third-order valence-corrected chi connectivity index (χ3v) is 6.54. The molecule has 1 aromatic rings. The fourth-order valence-corrected chi connectivity index (χ4v) is 4.70. The number of hydrogen-bond acceptors (Lipinski definition) is 4. The Labute approximate surface area is 155 Å². The maximum absolute atomic E-state index is 12.5. The molecule has 0 spiro atoms. The molecule has 1 aromatic carbocycles. The molecular formula is C19H28N2O4S. The molecule has 0 aromatic heterocycles. The Balaban J connectivity index is 1.63. The number of nitrogens with one attached hydrogen (secondary N) is 2. The molecule has 1 heterocycles. The number of hydrogen-bond donors (Lipinski definition) is 2. The zero-order chi connectivity index (χ0) is 18.4. The van der Waals surface area contributed by atoms with Crippen molar-refractivity contribution < 1.29 is 17.9 Å². The number of ether oxygens (including phenoxy) is 1. The Morgan fingerprint density at radius 1 is 1.08 bits per heavy atom. The van der Waals surface area contributed by atoms with Crippen molar-refractivity contribution in [3.05, 3.63) is 29.8 Å². The third kappa shape index (κ3) is 5.28. The van der Waals surface area contributed by atoms with E-state index in [1.54, 1.807) is 12.1 Å². The fourth-order valence-electron chi connectivity index (χ4n) is 3.59. The van der Waals surface area contributed by atoms with Crippen molar-refractivity contribution >= 4 is 15.9 Å². The second-order valence-electron chi connectivity index (χ2n) is 7.18. The lowest BCUT2D eigenvalue weighted by molar-refractivity contribution is 0.0933. The third-order valence-electron chi connectivity index (χ3n) is 5.12. The van der Waals surface area contributed by atoms with Gasteiger partial charge in [0.2, 0.25) is 10.0 Å². The van der Waals surface area contributed by atoms with Gasteiger partial charge in [0.25, 0.3) is 5.91 Å². The number of benzene rings is 1. The number of carbonyl (C=O) groups excluding carboxylic acids is 1. The van der Waals surface area contributed by atoms with Gasteiger partial charge in [-0.15, -0.1) is 0 Å². The number of sulfonamides is 1. The Morgan fingerprint density at radius 3 is 2.54 bits per heavy atom. The van der Waals surface area contributed by atoms with Gasteiger partial charge in [-0.1, -0.05) is 31.7 Å². The summed E-state index contributed by atoms with van der Waals surface area (Å²) >= 11 is 0. The Bertz CT molecular complexity index is 706. The summed E-state index contributed by atoms with van der Waals surface area (Å²) in [7, 11) is -3.65. The minimum atomic E-state index is -3.65. The van der Waals surface area contributed by atoms with E-state index in [1.807, 2.05) is 0 Å². The summed E-state index contributed by atoms with van der Waals surface area (Å²) in [5, 5.41) is 3.06. The van der Waals surface area contributed by atoms with Crippen molar-refractivity contribution in [1.82, 2.24) is 10.0 Å². The lowest BCUT2D eigenvalue weighted by Gasteiger charge is -2.16. The zero-order valence-corrected chi connectivity index (χ0v) is 15.9. The molecule has 7 heteroatoms. The van der Waals surface area contributed by atoms with Gasteiger partial charge < -0.3 is 10.1 Å². The van der Waals surface area contributed by atoms with E-state index in [9.17, 15) is 13.2 Å². The molecule has 2 aliphatic rings. The maximum Gasteiger partial charge on any atom is 0.251 e. The smallest absolute Gasteiger partial charge is 0.251 e. The molecule has 1 atom stereocenters. The molecule has 3 rings (SSSR count). The first-order valence-corrected chi connectivity index (χ1v) is 11.0. The minimum Gasteiger partial charge on any atom is -0.377 e. The molecule has 1 aliphatic heterocycles. The van der Waals surface area contributed by atoms with Crippen molar-refractivity contribution in [3.8, 4) is 0 Å². The van der Waals surface area contributed by atoms with E-state index in [2.05, 4.69) is 10.0 Å². The SMILES string of the molecule is O=C(NC1CCCCCC1)c1cccc(S(=O)(=O)NCC2CCCO2)c1. The number of carbonyl (C=O) groups is 1. The van der Waals surface area contributed by atoms with Gasteiger partial charge in [0.1, 0.15) is 0 Å². The van der Waals surface area contributed by atoms with Gasteiger partial charge in [-0.05, 0) is 43.9 Å². The van der Waals surface area contributed by atoms with Crippen molar-refractivity contribution in [2.75, 3.05) is 13.2 Å². The normalized spacial score (nSPS) is 22.1. The second-order valence-corrected chi connectivity index (χ2v) is 8.94. The van der Waals surface area contributed by atoms with Crippen LogP contribution in [0.3, 0.4) is 0 Å². The summed E-state index contributed by atoms with van der Waals surface area (Å²) in [5.41, 5.74) is 0.384. The molecule has 0 bridgehead atoms. The van der Waals surface area contributed by atoms with Gasteiger partial charge in [-0.2, -0.15) is 0 Å². The topological polar surface area (TPSA) is 84.5 Å². The summed E-state index contributed by atoms with van der Waals surface area (Å²) in [5.74, 6) is -0.201. The first-order chi connectivity index (χ1) is 12.5. The first kappa shape index (κ1) is 19.3. The quantitative estimate of drug-likeness (QED) is 0.743. The Hall–Kier alpha value is -1.44. The molecule has 2 N–H and O–H groups in total. The van der Waals surface area contributed by atoms with Gasteiger partial charge >= 0.3 is 0 Å². The van der Waals surface area contributed by atoms with Crippen LogP contribution in [-0.4, -0.2) is 39.6 Å². The molecule has 2 fully saturated rings. The van der Waals surface area contributed by atoms with Crippen LogP contribution in [0.25, 0.3) is 0 Å². The standard InChI is InChI=1S/C19H28N2O4S/c22-19(21-16-8-3-1-2-4-9-16)15-7-5-11-18(13-15)26(23,24)20-14-17-10-6-12-25-17/h5,7,11,13,16-17,20H,1-4,6,8-10,12,14H2,(H,21,22). The predicted molar refractivity (Wildman–Crippen MR) is 99.6 cm³/mol. The minimum absolute atomic E-state index is 0.0634. The van der Waals surface area contributed by atoms with Crippen LogP contribution in [0.1, 0.15) is 61.7 Å². The Morgan fingerprint density at radius 2 is 1.85 bits per heavy atom. The lowest BCUT2D eigenvalue weighted by Crippen LogP contribution is -2.35. The van der Waals surface area contributed by atoms with Crippen LogP contribution < -0.4 is 10.0 Å². The van der Waals surface area contributed by atoms with Crippen LogP contribution >= 0.6 is 0 Å². The molecule has 1 unspecified atom stereocenters. The van der Waals surface area contributed by atoms with E-state index in [0.717, 1.165) is 38.5 Å². The molecule has 1 amide bonds. The maximum atomic E-state index is 12.5. The van der Waals surface area contributed by atoms with Crippen LogP contribution in [0, 0.1) is 0 Å². The van der Waals surface area contributed by atoms with E-state index >= 15 is 0 Å². The van der Waals surface area contributed by atoms with Crippen LogP contribution in [-0.2, 0) is 14.8 Å². The molecule has 0 radical (unpaired) electrons. The molecule has 1 saturated carbocycles. The molecule has 26 heavy (non-hydrogen) atoms. The lowest BCUT2D eigenvalue weighted by atomic mass is 10.1. The fraction of sp³-hybridized carbons (Fsp3) is 0.632. The van der Waals surface area contributed by atoms with Crippen molar-refractivity contribution in [2.24, 2.45) is 0 Å². The number of rotatable bonds is 6. The summed E-state index contributed by atoms with van der Waals surface area (Å²) in [6.07, 6.45) is 8.45. The molecule has 1 saturated heterocycles. The van der Waals surface area contributed by atoms with Gasteiger partial charge in [-0.3, -0.25) is 4.79 Å². The van der Waals surface area contributed by atoms with Crippen molar-refractivity contribution in [1.29, 1.82) is 0 Å². The van der Waals surface area contributed by atoms with E-state index in [0.29, 0.717) is 12.2 Å². The van der Waals surface area contributed by atoms with Crippen LogP contribution in [0.15, 0.2) is 29.2 Å². The average Bonchev–Trinajstić information content (AvgIpc) is 3.04. The molecule has 6 nitrogen and oxygen atoms in total. The zero-order valence-electron chi connectivity index (χ0n) is 15.1. The first-order valence-electron chi connectivity index (χ1n) is 9.57. The monoisotopic (exact) mass is 380 g/mol. The largest absolute Gasteiger partial charge is 0.377 e. The number of amides is 1. The highest BCUT2D eigenvalue weighted by atomic mass is 32.2. The van der Waals surface area contributed by atoms with Crippen molar-refractivity contribution in [2.45, 2.75) is 68.4 Å². The molecule has 1 aliphatic carbocycles. The molecule has 144 valence electrons. The summed E-state index contributed by atoms with van der Waals surface area (Å²) in [6.45, 7) is 0.948. The highest BCUT2D eigenvalue weighted by Crippen LogP contribution is 2.18. The van der Waals surface area contributed by atoms with Crippen LogP contribution in [0.4, 0.5) is 0 Å². The summed E-state index contributed by atoms with van der Waals surface area (Å²) < 4.78 is 33.0. The second kappa shape index (κ2) is 8.97. The average molecular weight is 381 g/mol. The summed E-state index contributed by atoms with van der Waals surface area (Å²) in [6, 6.07) is 6.42. The predicted octanol–water partition coefficient (Wildman–Crippen LogP) is 2.60. The van der Waals surface area contributed by atoms with E-state index in [-0.39, 0.29) is 29.5 Å². The van der Waals surface area contributed by atoms with E-state index in [4.69, 9.17) is 4.74 Å². The van der Waals surface area contributed by atoms with Gasteiger partial charge in [0.05, 0.1) is 11.0 Å². The molecular weight excluding hydrogens is 352 g/mol. The van der Waals surface area contributed by atoms with Gasteiger partial charge in [0, 0.05) is 24.8 Å². The van der Waals surface area contributed by atoms with Crippen LogP contribution in [0.2, 0.25) is 0 Å². The van der Waals surface area contributed by atoms with Gasteiger partial charge in [0.15, 0.2) is 0 Å². The van der Waals surface area contributed by atoms with Crippen molar-refractivity contribution in [3.63, 3.8) is 0 Å².